The first-order valence-electron chi connectivity index (χ1n) is 10.9. The zero-order valence-corrected chi connectivity index (χ0v) is 18.9. The van der Waals surface area contributed by atoms with E-state index in [-0.39, 0.29) is 18.0 Å². The first kappa shape index (κ1) is 22.8. The van der Waals surface area contributed by atoms with Gasteiger partial charge in [0.15, 0.2) is 0 Å². The molecule has 0 bridgehead atoms. The highest BCUT2D eigenvalue weighted by Gasteiger charge is 2.17. The lowest BCUT2D eigenvalue weighted by molar-refractivity contribution is 0.0526. The number of benzene rings is 3. The summed E-state index contributed by atoms with van der Waals surface area (Å²) in [4.78, 5) is 29.8. The Hall–Kier alpha value is -4.39. The molecule has 0 atom stereocenters. The van der Waals surface area contributed by atoms with Crippen molar-refractivity contribution in [2.45, 2.75) is 13.8 Å². The number of carbonyl (C=O) groups excluding carboxylic acids is 1. The predicted octanol–water partition coefficient (Wildman–Crippen LogP) is 5.02. The van der Waals surface area contributed by atoms with Gasteiger partial charge in [0.05, 0.1) is 30.0 Å². The van der Waals surface area contributed by atoms with Gasteiger partial charge in [-0.25, -0.2) is 9.36 Å². The van der Waals surface area contributed by atoms with Crippen LogP contribution in [0.4, 0.5) is 5.69 Å². The van der Waals surface area contributed by atoms with Crippen LogP contribution >= 0.6 is 0 Å². The highest BCUT2D eigenvalue weighted by Crippen LogP contribution is 2.30. The van der Waals surface area contributed by atoms with Crippen LogP contribution in [0.1, 0.15) is 29.8 Å². The van der Waals surface area contributed by atoms with Crippen LogP contribution < -0.4 is 10.3 Å². The van der Waals surface area contributed by atoms with E-state index in [1.54, 1.807) is 55.5 Å². The molecule has 0 fully saturated rings. The smallest absolute Gasteiger partial charge is 0.338 e. The lowest BCUT2D eigenvalue weighted by Gasteiger charge is -2.14. The van der Waals surface area contributed by atoms with E-state index in [4.69, 9.17) is 9.47 Å². The summed E-state index contributed by atoms with van der Waals surface area (Å²) in [5.74, 6) is -0.0944. The summed E-state index contributed by atoms with van der Waals surface area (Å²) < 4.78 is 11.8. The van der Waals surface area contributed by atoms with Gasteiger partial charge >= 0.3 is 5.97 Å². The molecule has 0 amide bonds. The summed E-state index contributed by atoms with van der Waals surface area (Å²) >= 11 is 0. The number of aliphatic imine (C=N–C) groups is 1. The highest BCUT2D eigenvalue weighted by molar-refractivity contribution is 6.02. The van der Waals surface area contributed by atoms with Crippen LogP contribution in [0.15, 0.2) is 82.6 Å². The van der Waals surface area contributed by atoms with E-state index in [2.05, 4.69) is 4.99 Å². The molecule has 0 aliphatic rings. The molecule has 172 valence electrons. The fourth-order valence-electron chi connectivity index (χ4n) is 3.67. The molecular formula is C27H24N2O5. The number of carbonyl (C=O) groups is 1. The summed E-state index contributed by atoms with van der Waals surface area (Å²) in [6.45, 7) is 4.38. The van der Waals surface area contributed by atoms with Crippen LogP contribution in [0.5, 0.6) is 11.6 Å². The standard InChI is InChI=1S/C27H24N2O5/c1-3-33-24-12-8-7-11-23(24)28-17-22-20-9-5-6-10-21(20)25(30)29(26(22)31)19-15-13-18(14-16-19)27(32)34-4-2/h5-17,31H,3-4H2,1-2H3. The second kappa shape index (κ2) is 10.0. The molecule has 1 aromatic heterocycles. The third-order valence-corrected chi connectivity index (χ3v) is 5.24. The van der Waals surface area contributed by atoms with Gasteiger partial charge in [-0.15, -0.1) is 0 Å². The third-order valence-electron chi connectivity index (χ3n) is 5.24. The number of para-hydroxylation sites is 2. The second-order valence-corrected chi connectivity index (χ2v) is 7.35. The zero-order chi connectivity index (χ0) is 24.1. The quantitative estimate of drug-likeness (QED) is 0.311. The predicted molar refractivity (Wildman–Crippen MR) is 132 cm³/mol. The second-order valence-electron chi connectivity index (χ2n) is 7.35. The SMILES string of the molecule is CCOC(=O)c1ccc(-n2c(O)c(C=Nc3ccccc3OCC)c3ccccc3c2=O)cc1. The summed E-state index contributed by atoms with van der Waals surface area (Å²) in [6, 6.07) is 20.7. The Bertz CT molecular complexity index is 1420. The van der Waals surface area contributed by atoms with E-state index in [0.29, 0.717) is 45.6 Å². The van der Waals surface area contributed by atoms with Crippen molar-refractivity contribution in [3.05, 3.63) is 94.3 Å². The van der Waals surface area contributed by atoms with Gasteiger partial charge in [-0.3, -0.25) is 9.79 Å². The fourth-order valence-corrected chi connectivity index (χ4v) is 3.67. The number of rotatable bonds is 7. The number of aromatic nitrogens is 1. The van der Waals surface area contributed by atoms with Crippen molar-refractivity contribution in [3.63, 3.8) is 0 Å². The molecular weight excluding hydrogens is 432 g/mol. The van der Waals surface area contributed by atoms with Crippen molar-refractivity contribution in [3.8, 4) is 17.3 Å². The molecule has 0 aliphatic heterocycles. The van der Waals surface area contributed by atoms with E-state index >= 15 is 0 Å². The molecule has 1 heterocycles. The van der Waals surface area contributed by atoms with E-state index in [1.165, 1.54) is 10.8 Å². The molecule has 0 saturated carbocycles. The van der Waals surface area contributed by atoms with Gasteiger partial charge in [0.1, 0.15) is 11.4 Å². The Kier molecular flexibility index (Phi) is 6.73. The molecule has 7 heteroatoms. The van der Waals surface area contributed by atoms with Gasteiger partial charge in [0.2, 0.25) is 5.88 Å². The number of pyridine rings is 1. The van der Waals surface area contributed by atoms with E-state index in [1.807, 2.05) is 31.2 Å². The lowest BCUT2D eigenvalue weighted by Crippen LogP contribution is -2.20. The van der Waals surface area contributed by atoms with E-state index in [9.17, 15) is 14.7 Å². The van der Waals surface area contributed by atoms with Gasteiger partial charge in [0.25, 0.3) is 5.56 Å². The minimum absolute atomic E-state index is 0.259. The Morgan fingerprint density at radius 1 is 0.941 bits per heavy atom. The molecule has 7 nitrogen and oxygen atoms in total. The third kappa shape index (κ3) is 4.41. The Labute approximate surface area is 196 Å². The molecule has 0 unspecified atom stereocenters. The number of hydrogen-bond donors (Lipinski definition) is 1. The maximum Gasteiger partial charge on any atom is 0.338 e. The van der Waals surface area contributed by atoms with Crippen molar-refractivity contribution in [2.24, 2.45) is 4.99 Å². The topological polar surface area (TPSA) is 90.1 Å². The van der Waals surface area contributed by atoms with Crippen molar-refractivity contribution in [1.82, 2.24) is 4.57 Å². The summed E-state index contributed by atoms with van der Waals surface area (Å²) in [7, 11) is 0. The Balaban J connectivity index is 1.86. The number of esters is 1. The summed E-state index contributed by atoms with van der Waals surface area (Å²) in [5, 5.41) is 12.2. The maximum absolute atomic E-state index is 13.3. The number of hydrogen-bond acceptors (Lipinski definition) is 6. The molecule has 0 aliphatic carbocycles. The van der Waals surface area contributed by atoms with Gasteiger partial charge < -0.3 is 14.6 Å². The summed E-state index contributed by atoms with van der Waals surface area (Å²) in [5.41, 5.74) is 1.36. The largest absolute Gasteiger partial charge is 0.494 e. The van der Waals surface area contributed by atoms with Crippen LogP contribution in [-0.4, -0.2) is 35.1 Å². The van der Waals surface area contributed by atoms with Crippen molar-refractivity contribution < 1.29 is 19.4 Å². The monoisotopic (exact) mass is 456 g/mol. The van der Waals surface area contributed by atoms with Gasteiger partial charge in [-0.2, -0.15) is 0 Å². The fraction of sp³-hybridized carbons (Fsp3) is 0.148. The van der Waals surface area contributed by atoms with Crippen LogP contribution in [-0.2, 0) is 4.74 Å². The first-order chi connectivity index (χ1) is 16.5. The van der Waals surface area contributed by atoms with Crippen LogP contribution in [0.2, 0.25) is 0 Å². The maximum atomic E-state index is 13.3. The zero-order valence-electron chi connectivity index (χ0n) is 18.9. The van der Waals surface area contributed by atoms with Crippen molar-refractivity contribution in [2.75, 3.05) is 13.2 Å². The lowest BCUT2D eigenvalue weighted by atomic mass is 10.1. The minimum Gasteiger partial charge on any atom is -0.494 e. The van der Waals surface area contributed by atoms with E-state index < -0.39 is 5.97 Å². The molecule has 3 aromatic carbocycles. The number of aromatic hydroxyl groups is 1. The van der Waals surface area contributed by atoms with Crippen LogP contribution in [0.25, 0.3) is 16.5 Å². The minimum atomic E-state index is -0.454. The normalized spacial score (nSPS) is 11.1. The number of nitrogens with zero attached hydrogens (tertiary/aromatic N) is 2. The molecule has 34 heavy (non-hydrogen) atoms. The highest BCUT2D eigenvalue weighted by atomic mass is 16.5. The van der Waals surface area contributed by atoms with Crippen LogP contribution in [0.3, 0.4) is 0 Å². The summed E-state index contributed by atoms with van der Waals surface area (Å²) in [6.07, 6.45) is 1.53. The molecule has 0 radical (unpaired) electrons. The molecule has 0 saturated heterocycles. The average Bonchev–Trinajstić information content (AvgIpc) is 2.86. The van der Waals surface area contributed by atoms with E-state index in [0.717, 1.165) is 0 Å². The van der Waals surface area contributed by atoms with Crippen LogP contribution in [0, 0.1) is 0 Å². The Morgan fingerprint density at radius 3 is 2.32 bits per heavy atom. The molecule has 0 spiro atoms. The number of fused-ring (bicyclic) bond motifs is 1. The first-order valence-corrected chi connectivity index (χ1v) is 10.9. The van der Waals surface area contributed by atoms with Gasteiger partial charge in [-0.05, 0) is 56.3 Å². The molecule has 4 rings (SSSR count). The number of ether oxygens (including phenoxy) is 2. The Morgan fingerprint density at radius 2 is 1.62 bits per heavy atom. The average molecular weight is 456 g/mol. The van der Waals surface area contributed by atoms with Crippen molar-refractivity contribution >= 4 is 28.6 Å². The van der Waals surface area contributed by atoms with Gasteiger partial charge in [0, 0.05) is 17.0 Å². The van der Waals surface area contributed by atoms with Gasteiger partial charge in [-0.1, -0.05) is 30.3 Å². The molecule has 1 N–H and O–H groups in total. The van der Waals surface area contributed by atoms with Crippen molar-refractivity contribution in [1.29, 1.82) is 0 Å². The molecule has 4 aromatic rings.